The molecule has 0 heterocycles. The average Bonchev–Trinajstić information content (AvgIpc) is 2.12. The summed E-state index contributed by atoms with van der Waals surface area (Å²) >= 11 is 0. The standard InChI is InChI=1S/C13H14/c1-9-7-8-12-10(2)5-4-6-13(12)11(9)3/h4-8H,1-3H3. The summed E-state index contributed by atoms with van der Waals surface area (Å²) in [5.74, 6) is 0. The Hall–Kier alpha value is -1.30. The van der Waals surface area contributed by atoms with E-state index in [1.54, 1.807) is 0 Å². The largest absolute Gasteiger partial charge is 0.0614 e. The van der Waals surface area contributed by atoms with Crippen molar-refractivity contribution in [2.75, 3.05) is 0 Å². The molecule has 0 saturated heterocycles. The normalized spacial score (nSPS) is 10.7. The fourth-order valence-electron chi connectivity index (χ4n) is 1.77. The van der Waals surface area contributed by atoms with E-state index < -0.39 is 0 Å². The topological polar surface area (TPSA) is 0 Å². The van der Waals surface area contributed by atoms with E-state index in [0.29, 0.717) is 0 Å². The van der Waals surface area contributed by atoms with Gasteiger partial charge in [0.2, 0.25) is 0 Å². The van der Waals surface area contributed by atoms with E-state index in [4.69, 9.17) is 0 Å². The van der Waals surface area contributed by atoms with Gasteiger partial charge in [0.1, 0.15) is 0 Å². The van der Waals surface area contributed by atoms with Crippen molar-refractivity contribution >= 4 is 10.8 Å². The average molecular weight is 170 g/mol. The van der Waals surface area contributed by atoms with Crippen LogP contribution in [0.4, 0.5) is 0 Å². The van der Waals surface area contributed by atoms with Crippen LogP contribution in [0.3, 0.4) is 0 Å². The van der Waals surface area contributed by atoms with Crippen LogP contribution in [0.2, 0.25) is 0 Å². The van der Waals surface area contributed by atoms with Crippen molar-refractivity contribution in [1.82, 2.24) is 0 Å². The molecular weight excluding hydrogens is 156 g/mol. The molecule has 0 amide bonds. The first-order valence-corrected chi connectivity index (χ1v) is 4.65. The zero-order valence-electron chi connectivity index (χ0n) is 8.39. The molecule has 2 rings (SSSR count). The van der Waals surface area contributed by atoms with Crippen LogP contribution in [0.1, 0.15) is 16.7 Å². The van der Waals surface area contributed by atoms with E-state index in [9.17, 15) is 0 Å². The second kappa shape index (κ2) is 2.88. The first-order valence-electron chi connectivity index (χ1n) is 4.65. The lowest BCUT2D eigenvalue weighted by molar-refractivity contribution is 1.37. The van der Waals surface area contributed by atoms with Crippen molar-refractivity contribution in [2.45, 2.75) is 20.8 Å². The Bertz CT molecular complexity index is 453. The van der Waals surface area contributed by atoms with Gasteiger partial charge in [-0.05, 0) is 48.2 Å². The molecule has 0 atom stereocenters. The van der Waals surface area contributed by atoms with Gasteiger partial charge in [-0.1, -0.05) is 30.3 Å². The Morgan fingerprint density at radius 2 is 1.46 bits per heavy atom. The third-order valence-corrected chi connectivity index (χ3v) is 2.82. The van der Waals surface area contributed by atoms with Crippen LogP contribution in [-0.2, 0) is 0 Å². The van der Waals surface area contributed by atoms with Crippen LogP contribution in [0, 0.1) is 20.8 Å². The number of fused-ring (bicyclic) bond motifs is 1. The Labute approximate surface area is 79.2 Å². The number of hydrogen-bond donors (Lipinski definition) is 0. The predicted octanol–water partition coefficient (Wildman–Crippen LogP) is 3.77. The van der Waals surface area contributed by atoms with Crippen LogP contribution >= 0.6 is 0 Å². The molecule has 0 aromatic heterocycles. The molecule has 0 nitrogen and oxygen atoms in total. The lowest BCUT2D eigenvalue weighted by Gasteiger charge is -2.07. The highest BCUT2D eigenvalue weighted by Gasteiger charge is 2.00. The van der Waals surface area contributed by atoms with E-state index in [0.717, 1.165) is 0 Å². The van der Waals surface area contributed by atoms with Crippen LogP contribution in [0.15, 0.2) is 30.3 Å². The molecule has 0 aliphatic heterocycles. The number of benzene rings is 2. The molecule has 0 heteroatoms. The van der Waals surface area contributed by atoms with Gasteiger partial charge in [0.15, 0.2) is 0 Å². The maximum absolute atomic E-state index is 2.22. The highest BCUT2D eigenvalue weighted by Crippen LogP contribution is 2.23. The van der Waals surface area contributed by atoms with E-state index in [-0.39, 0.29) is 0 Å². The van der Waals surface area contributed by atoms with Crippen LogP contribution in [-0.4, -0.2) is 0 Å². The van der Waals surface area contributed by atoms with Gasteiger partial charge in [-0.25, -0.2) is 0 Å². The van der Waals surface area contributed by atoms with Gasteiger partial charge in [-0.15, -0.1) is 0 Å². The molecule has 2 aromatic rings. The Balaban J connectivity index is 2.94. The second-order valence-electron chi connectivity index (χ2n) is 3.68. The van der Waals surface area contributed by atoms with Crippen molar-refractivity contribution < 1.29 is 0 Å². The molecule has 0 bridgehead atoms. The van der Waals surface area contributed by atoms with Crippen molar-refractivity contribution in [2.24, 2.45) is 0 Å². The summed E-state index contributed by atoms with van der Waals surface area (Å²) in [7, 11) is 0. The highest BCUT2D eigenvalue weighted by molar-refractivity contribution is 5.89. The zero-order chi connectivity index (χ0) is 9.42. The van der Waals surface area contributed by atoms with Crippen LogP contribution < -0.4 is 0 Å². The van der Waals surface area contributed by atoms with Gasteiger partial charge in [-0.2, -0.15) is 0 Å². The molecule has 13 heavy (non-hydrogen) atoms. The summed E-state index contributed by atoms with van der Waals surface area (Å²) in [6.07, 6.45) is 0. The van der Waals surface area contributed by atoms with E-state index >= 15 is 0 Å². The quantitative estimate of drug-likeness (QED) is 0.564. The molecule has 0 aliphatic rings. The van der Waals surface area contributed by atoms with Crippen molar-refractivity contribution in [3.63, 3.8) is 0 Å². The van der Waals surface area contributed by atoms with E-state index in [2.05, 4.69) is 51.1 Å². The van der Waals surface area contributed by atoms with Crippen LogP contribution in [0.5, 0.6) is 0 Å². The predicted molar refractivity (Wildman–Crippen MR) is 58.2 cm³/mol. The van der Waals surface area contributed by atoms with E-state index in [1.165, 1.54) is 27.5 Å². The van der Waals surface area contributed by atoms with Gasteiger partial charge in [0, 0.05) is 0 Å². The number of hydrogen-bond acceptors (Lipinski definition) is 0. The van der Waals surface area contributed by atoms with Crippen molar-refractivity contribution in [3.8, 4) is 0 Å². The summed E-state index contributed by atoms with van der Waals surface area (Å²) in [5, 5.41) is 2.77. The fraction of sp³-hybridized carbons (Fsp3) is 0.231. The first kappa shape index (κ1) is 8.31. The maximum atomic E-state index is 2.22. The van der Waals surface area contributed by atoms with Crippen molar-refractivity contribution in [1.29, 1.82) is 0 Å². The lowest BCUT2D eigenvalue weighted by Crippen LogP contribution is -1.85. The molecule has 66 valence electrons. The summed E-state index contributed by atoms with van der Waals surface area (Å²) in [4.78, 5) is 0. The van der Waals surface area contributed by atoms with Gasteiger partial charge < -0.3 is 0 Å². The van der Waals surface area contributed by atoms with Gasteiger partial charge in [0.05, 0.1) is 0 Å². The lowest BCUT2D eigenvalue weighted by atomic mass is 9.98. The minimum atomic E-state index is 1.36. The molecule has 0 N–H and O–H groups in total. The maximum Gasteiger partial charge on any atom is -0.0149 e. The minimum Gasteiger partial charge on any atom is -0.0614 e. The smallest absolute Gasteiger partial charge is 0.0149 e. The summed E-state index contributed by atoms with van der Waals surface area (Å²) in [6, 6.07) is 10.9. The Morgan fingerprint density at radius 3 is 2.23 bits per heavy atom. The number of rotatable bonds is 0. The van der Waals surface area contributed by atoms with Crippen LogP contribution in [0.25, 0.3) is 10.8 Å². The highest BCUT2D eigenvalue weighted by atomic mass is 14.1. The molecule has 0 aliphatic carbocycles. The molecule has 0 spiro atoms. The zero-order valence-corrected chi connectivity index (χ0v) is 8.39. The monoisotopic (exact) mass is 170 g/mol. The number of aryl methyl sites for hydroxylation is 3. The minimum absolute atomic E-state index is 1.36. The SMILES string of the molecule is Cc1ccc2c(C)cccc2c1C. The Kier molecular flexibility index (Phi) is 1.84. The van der Waals surface area contributed by atoms with Gasteiger partial charge >= 0.3 is 0 Å². The summed E-state index contributed by atoms with van der Waals surface area (Å²) < 4.78 is 0. The molecule has 2 aromatic carbocycles. The molecule has 0 saturated carbocycles. The Morgan fingerprint density at radius 1 is 0.692 bits per heavy atom. The molecular formula is C13H14. The second-order valence-corrected chi connectivity index (χ2v) is 3.68. The molecule has 0 radical (unpaired) electrons. The third-order valence-electron chi connectivity index (χ3n) is 2.82. The first-order chi connectivity index (χ1) is 6.20. The van der Waals surface area contributed by atoms with Gasteiger partial charge in [-0.3, -0.25) is 0 Å². The molecule has 0 fully saturated rings. The molecule has 0 unspecified atom stereocenters. The fourth-order valence-corrected chi connectivity index (χ4v) is 1.77. The third kappa shape index (κ3) is 1.23. The van der Waals surface area contributed by atoms with Gasteiger partial charge in [0.25, 0.3) is 0 Å². The summed E-state index contributed by atoms with van der Waals surface area (Å²) in [6.45, 7) is 6.52. The summed E-state index contributed by atoms with van der Waals surface area (Å²) in [5.41, 5.74) is 4.14. The van der Waals surface area contributed by atoms with Crippen molar-refractivity contribution in [3.05, 3.63) is 47.0 Å². The van der Waals surface area contributed by atoms with E-state index in [1.807, 2.05) is 0 Å².